The Labute approximate surface area is 279 Å². The molecule has 0 radical (unpaired) electrons. The monoisotopic (exact) mass is 665 g/mol. The lowest BCUT2D eigenvalue weighted by atomic mass is 9.95. The van der Waals surface area contributed by atoms with Gasteiger partial charge in [-0.3, -0.25) is 13.9 Å². The molecule has 0 aliphatic heterocycles. The van der Waals surface area contributed by atoms with Crippen molar-refractivity contribution in [1.29, 1.82) is 0 Å². The van der Waals surface area contributed by atoms with Crippen molar-refractivity contribution in [1.82, 2.24) is 10.2 Å². The summed E-state index contributed by atoms with van der Waals surface area (Å²) in [7, 11) is 0.181. The highest BCUT2D eigenvalue weighted by Gasteiger charge is 2.35. The molecule has 0 heterocycles. The van der Waals surface area contributed by atoms with Crippen molar-refractivity contribution in [2.24, 2.45) is 0 Å². The van der Waals surface area contributed by atoms with E-state index in [1.807, 2.05) is 39.0 Å². The molecule has 0 unspecified atom stereocenters. The van der Waals surface area contributed by atoms with Crippen LogP contribution in [0.3, 0.4) is 0 Å². The highest BCUT2D eigenvalue weighted by Crippen LogP contribution is 2.33. The van der Waals surface area contributed by atoms with Gasteiger partial charge < -0.3 is 24.4 Å². The maximum atomic E-state index is 14.5. The minimum absolute atomic E-state index is 0.0560. The Bertz CT molecular complexity index is 1620. The van der Waals surface area contributed by atoms with Crippen LogP contribution < -0.4 is 23.8 Å². The molecule has 0 aromatic heterocycles. The van der Waals surface area contributed by atoms with Gasteiger partial charge in [-0.25, -0.2) is 8.42 Å². The van der Waals surface area contributed by atoms with Gasteiger partial charge >= 0.3 is 0 Å². The average Bonchev–Trinajstić information content (AvgIpc) is 3.06. The van der Waals surface area contributed by atoms with E-state index in [-0.39, 0.29) is 29.1 Å². The topological polar surface area (TPSA) is 114 Å². The van der Waals surface area contributed by atoms with Crippen molar-refractivity contribution in [2.75, 3.05) is 32.2 Å². The number of carbonyl (C=O) groups excluding carboxylic acids is 2. The molecule has 1 saturated carbocycles. The maximum Gasteiger partial charge on any atom is 0.264 e. The molecule has 1 aliphatic rings. The van der Waals surface area contributed by atoms with Crippen molar-refractivity contribution in [2.45, 2.75) is 82.8 Å². The first kappa shape index (κ1) is 35.6. The number of aryl methyl sites for hydroxylation is 2. The summed E-state index contributed by atoms with van der Waals surface area (Å²) in [6, 6.07) is 16.3. The van der Waals surface area contributed by atoms with Crippen molar-refractivity contribution in [3.8, 4) is 17.2 Å². The molecular formula is C36H47N3O7S. The van der Waals surface area contributed by atoms with E-state index >= 15 is 0 Å². The molecule has 10 nitrogen and oxygen atoms in total. The largest absolute Gasteiger partial charge is 0.497 e. The van der Waals surface area contributed by atoms with Crippen LogP contribution in [-0.2, 0) is 26.2 Å². The number of rotatable bonds is 14. The minimum Gasteiger partial charge on any atom is -0.497 e. The standard InChI is InChI=1S/C36H47N3O7S/c1-7-32(36(41)37-28-11-9-8-10-12-28)38(23-27-13-15-30(44-4)16-14-27)35(40)24-39(29-20-25(2)19-26(3)21-29)47(42,43)31-17-18-33(45-5)34(22-31)46-6/h13-22,28,32H,7-12,23-24H2,1-6H3,(H,37,41)/t32-/m0/s1. The molecule has 4 rings (SSSR count). The zero-order valence-corrected chi connectivity index (χ0v) is 29.1. The third-order valence-corrected chi connectivity index (χ3v) is 10.3. The van der Waals surface area contributed by atoms with E-state index in [1.54, 1.807) is 31.4 Å². The van der Waals surface area contributed by atoms with E-state index < -0.39 is 28.5 Å². The molecule has 1 fully saturated rings. The van der Waals surface area contributed by atoms with E-state index in [0.717, 1.165) is 53.1 Å². The van der Waals surface area contributed by atoms with Gasteiger partial charge in [0.15, 0.2) is 11.5 Å². The van der Waals surface area contributed by atoms with Crippen LogP contribution in [0, 0.1) is 13.8 Å². The first-order valence-electron chi connectivity index (χ1n) is 16.1. The SMILES string of the molecule is CC[C@@H](C(=O)NC1CCCCC1)N(Cc1ccc(OC)cc1)C(=O)CN(c1cc(C)cc(C)c1)S(=O)(=O)c1ccc(OC)c(OC)c1. The van der Waals surface area contributed by atoms with Crippen molar-refractivity contribution < 1.29 is 32.2 Å². The number of nitrogens with one attached hydrogen (secondary N) is 1. The molecule has 47 heavy (non-hydrogen) atoms. The zero-order valence-electron chi connectivity index (χ0n) is 28.2. The molecule has 0 bridgehead atoms. The summed E-state index contributed by atoms with van der Waals surface area (Å²) in [4.78, 5) is 29.7. The molecule has 2 amide bonds. The van der Waals surface area contributed by atoms with Crippen molar-refractivity contribution in [3.63, 3.8) is 0 Å². The summed E-state index contributed by atoms with van der Waals surface area (Å²) in [6.07, 6.45) is 5.41. The lowest BCUT2D eigenvalue weighted by molar-refractivity contribution is -0.140. The van der Waals surface area contributed by atoms with Crippen LogP contribution in [0.2, 0.25) is 0 Å². The average molecular weight is 666 g/mol. The lowest BCUT2D eigenvalue weighted by Gasteiger charge is -2.34. The summed E-state index contributed by atoms with van der Waals surface area (Å²) in [5.41, 5.74) is 2.81. The van der Waals surface area contributed by atoms with Crippen LogP contribution >= 0.6 is 0 Å². The predicted octanol–water partition coefficient (Wildman–Crippen LogP) is 5.78. The summed E-state index contributed by atoms with van der Waals surface area (Å²) in [5.74, 6) is 0.542. The number of ether oxygens (including phenoxy) is 3. The highest BCUT2D eigenvalue weighted by atomic mass is 32.2. The van der Waals surface area contributed by atoms with E-state index in [1.165, 1.54) is 37.3 Å². The number of hydrogen-bond acceptors (Lipinski definition) is 7. The van der Waals surface area contributed by atoms with E-state index in [9.17, 15) is 18.0 Å². The molecule has 3 aromatic rings. The summed E-state index contributed by atoms with van der Waals surface area (Å²) < 4.78 is 46.0. The van der Waals surface area contributed by atoms with Gasteiger partial charge in [0.05, 0.1) is 31.9 Å². The van der Waals surface area contributed by atoms with Gasteiger partial charge in [-0.05, 0) is 86.2 Å². The number of methoxy groups -OCH3 is 3. The molecule has 3 aromatic carbocycles. The van der Waals surface area contributed by atoms with Gasteiger partial charge in [0.2, 0.25) is 11.8 Å². The van der Waals surface area contributed by atoms with Gasteiger partial charge in [-0.2, -0.15) is 0 Å². The van der Waals surface area contributed by atoms with E-state index in [4.69, 9.17) is 14.2 Å². The zero-order chi connectivity index (χ0) is 34.1. The Morgan fingerprint density at radius 3 is 2.06 bits per heavy atom. The fourth-order valence-corrected chi connectivity index (χ4v) is 7.53. The number of carbonyl (C=O) groups is 2. The van der Waals surface area contributed by atoms with Gasteiger partial charge in [-0.15, -0.1) is 0 Å². The Morgan fingerprint density at radius 1 is 0.851 bits per heavy atom. The molecule has 1 aliphatic carbocycles. The molecule has 0 spiro atoms. The lowest BCUT2D eigenvalue weighted by Crippen LogP contribution is -2.54. The third-order valence-electron chi connectivity index (χ3n) is 8.57. The third kappa shape index (κ3) is 8.77. The van der Waals surface area contributed by atoms with E-state index in [2.05, 4.69) is 5.32 Å². The fourth-order valence-electron chi connectivity index (χ4n) is 6.12. The smallest absolute Gasteiger partial charge is 0.264 e. The summed E-state index contributed by atoms with van der Waals surface area (Å²) in [5, 5.41) is 3.18. The Kier molecular flexibility index (Phi) is 12.1. The van der Waals surface area contributed by atoms with Crippen molar-refractivity contribution in [3.05, 3.63) is 77.4 Å². The van der Waals surface area contributed by atoms with Crippen LogP contribution in [0.1, 0.15) is 62.1 Å². The first-order chi connectivity index (χ1) is 22.5. The minimum atomic E-state index is -4.30. The number of sulfonamides is 1. The molecule has 1 atom stereocenters. The van der Waals surface area contributed by atoms with Gasteiger partial charge in [0, 0.05) is 18.7 Å². The van der Waals surface area contributed by atoms with E-state index in [0.29, 0.717) is 23.6 Å². The number of nitrogens with zero attached hydrogens (tertiary/aromatic N) is 2. The normalized spacial score (nSPS) is 14.2. The second-order valence-electron chi connectivity index (χ2n) is 12.0. The second kappa shape index (κ2) is 16.0. The van der Waals surface area contributed by atoms with Gasteiger partial charge in [0.1, 0.15) is 18.3 Å². The van der Waals surface area contributed by atoms with Crippen LogP contribution in [-0.4, -0.2) is 65.1 Å². The highest BCUT2D eigenvalue weighted by molar-refractivity contribution is 7.92. The molecule has 11 heteroatoms. The molecule has 0 saturated heterocycles. The molecule has 1 N–H and O–H groups in total. The van der Waals surface area contributed by atoms with Crippen LogP contribution in [0.15, 0.2) is 65.6 Å². The van der Waals surface area contributed by atoms with Crippen LogP contribution in [0.4, 0.5) is 5.69 Å². The molecule has 254 valence electrons. The Balaban J connectivity index is 1.76. The second-order valence-corrected chi connectivity index (χ2v) is 13.9. The van der Waals surface area contributed by atoms with Gasteiger partial charge in [-0.1, -0.05) is 44.4 Å². The first-order valence-corrected chi connectivity index (χ1v) is 17.5. The Hall–Kier alpha value is -4.25. The van der Waals surface area contributed by atoms with Crippen LogP contribution in [0.5, 0.6) is 17.2 Å². The fraction of sp³-hybridized carbons (Fsp3) is 0.444. The maximum absolute atomic E-state index is 14.5. The van der Waals surface area contributed by atoms with Crippen molar-refractivity contribution >= 4 is 27.5 Å². The summed E-state index contributed by atoms with van der Waals surface area (Å²) >= 11 is 0. The molecular weight excluding hydrogens is 618 g/mol. The number of benzene rings is 3. The summed E-state index contributed by atoms with van der Waals surface area (Å²) in [6.45, 7) is 5.19. The van der Waals surface area contributed by atoms with Crippen LogP contribution in [0.25, 0.3) is 0 Å². The number of hydrogen-bond donors (Lipinski definition) is 1. The number of anilines is 1. The quantitative estimate of drug-likeness (QED) is 0.232. The predicted molar refractivity (Wildman–Crippen MR) is 183 cm³/mol. The van der Waals surface area contributed by atoms with Gasteiger partial charge in [0.25, 0.3) is 10.0 Å². The number of amides is 2. The Morgan fingerprint density at radius 2 is 1.49 bits per heavy atom.